The van der Waals surface area contributed by atoms with E-state index in [0.717, 1.165) is 19.3 Å². The van der Waals surface area contributed by atoms with Crippen LogP contribution in [0.25, 0.3) is 0 Å². The molecule has 1 N–H and O–H groups in total. The van der Waals surface area contributed by atoms with E-state index in [9.17, 15) is 5.11 Å². The van der Waals surface area contributed by atoms with Crippen LogP contribution in [0.2, 0.25) is 0 Å². The Balaban J connectivity index is 2.82. The molecule has 0 radical (unpaired) electrons. The minimum Gasteiger partial charge on any atom is -0.391 e. The zero-order valence-corrected chi connectivity index (χ0v) is 12.3. The number of nitrogens with zero attached hydrogens (tertiary/aromatic N) is 1. The Kier molecular flexibility index (Phi) is 4.61. The van der Waals surface area contributed by atoms with Crippen molar-refractivity contribution in [1.29, 1.82) is 0 Å². The first kappa shape index (κ1) is 14.9. The number of hydrogen-bond donors (Lipinski definition) is 1. The molecule has 3 heteroatoms. The fourth-order valence-electron chi connectivity index (χ4n) is 2.90. The molecule has 102 valence electrons. The lowest BCUT2D eigenvalue weighted by Crippen LogP contribution is -2.60. The van der Waals surface area contributed by atoms with Crippen molar-refractivity contribution in [2.75, 3.05) is 0 Å². The number of piperidine rings is 1. The molecule has 0 aromatic carbocycles. The number of aliphatic hydroxyl groups is 1. The van der Waals surface area contributed by atoms with Crippen LogP contribution in [-0.2, 0) is 4.84 Å². The fourth-order valence-corrected chi connectivity index (χ4v) is 2.90. The number of rotatable bonds is 4. The molecule has 0 aromatic rings. The van der Waals surface area contributed by atoms with Gasteiger partial charge in [-0.2, -0.15) is 5.06 Å². The van der Waals surface area contributed by atoms with Gasteiger partial charge in [0.1, 0.15) is 6.10 Å². The predicted molar refractivity (Wildman–Crippen MR) is 70.7 cm³/mol. The first-order valence-electron chi connectivity index (χ1n) is 6.86. The summed E-state index contributed by atoms with van der Waals surface area (Å²) in [4.78, 5) is 6.12. The molecule has 0 bridgehead atoms. The monoisotopic (exact) mass is 243 g/mol. The zero-order chi connectivity index (χ0) is 13.3. The second kappa shape index (κ2) is 5.25. The van der Waals surface area contributed by atoms with Crippen LogP contribution in [0, 0.1) is 0 Å². The standard InChI is InChI=1S/C14H29NO2/c1-7-12(11(2)16)17-15-13(3,4)9-8-10-14(15,5)6/h11-12,16H,7-10H2,1-6H3/t11-,12-/m0/s1. The van der Waals surface area contributed by atoms with Crippen molar-refractivity contribution < 1.29 is 9.94 Å². The zero-order valence-electron chi connectivity index (χ0n) is 12.3. The van der Waals surface area contributed by atoms with Gasteiger partial charge in [-0.1, -0.05) is 6.92 Å². The smallest absolute Gasteiger partial charge is 0.105 e. The summed E-state index contributed by atoms with van der Waals surface area (Å²) in [5, 5.41) is 11.9. The van der Waals surface area contributed by atoms with E-state index in [0.29, 0.717) is 0 Å². The molecule has 0 saturated carbocycles. The summed E-state index contributed by atoms with van der Waals surface area (Å²) in [5.41, 5.74) is 0.0914. The molecule has 0 aliphatic carbocycles. The summed E-state index contributed by atoms with van der Waals surface area (Å²) in [6.45, 7) is 12.8. The highest BCUT2D eigenvalue weighted by Gasteiger charge is 2.43. The van der Waals surface area contributed by atoms with Gasteiger partial charge in [0.15, 0.2) is 0 Å². The third-order valence-corrected chi connectivity index (χ3v) is 3.86. The average molecular weight is 243 g/mol. The van der Waals surface area contributed by atoms with Crippen molar-refractivity contribution in [2.24, 2.45) is 0 Å². The molecule has 1 aliphatic heterocycles. The second-order valence-electron chi connectivity index (χ2n) is 6.57. The maximum atomic E-state index is 9.73. The van der Waals surface area contributed by atoms with Crippen molar-refractivity contribution in [3.05, 3.63) is 0 Å². The highest BCUT2D eigenvalue weighted by atomic mass is 16.7. The van der Waals surface area contributed by atoms with E-state index in [1.54, 1.807) is 6.92 Å². The van der Waals surface area contributed by atoms with Crippen LogP contribution in [0.1, 0.15) is 67.2 Å². The highest BCUT2D eigenvalue weighted by molar-refractivity contribution is 4.93. The maximum Gasteiger partial charge on any atom is 0.105 e. The van der Waals surface area contributed by atoms with Gasteiger partial charge in [0, 0.05) is 11.1 Å². The molecule has 17 heavy (non-hydrogen) atoms. The number of hydrogen-bond acceptors (Lipinski definition) is 3. The van der Waals surface area contributed by atoms with Crippen LogP contribution in [0.4, 0.5) is 0 Å². The van der Waals surface area contributed by atoms with Crippen molar-refractivity contribution in [3.63, 3.8) is 0 Å². The van der Waals surface area contributed by atoms with Crippen molar-refractivity contribution in [2.45, 2.75) is 90.5 Å². The van der Waals surface area contributed by atoms with E-state index in [-0.39, 0.29) is 17.2 Å². The van der Waals surface area contributed by atoms with Gasteiger partial charge in [-0.3, -0.25) is 4.84 Å². The van der Waals surface area contributed by atoms with Gasteiger partial charge in [-0.05, 0) is 60.3 Å². The van der Waals surface area contributed by atoms with Crippen molar-refractivity contribution in [3.8, 4) is 0 Å². The van der Waals surface area contributed by atoms with Crippen LogP contribution in [0.3, 0.4) is 0 Å². The highest BCUT2D eigenvalue weighted by Crippen LogP contribution is 2.39. The molecule has 1 aliphatic rings. The minimum absolute atomic E-state index is 0.0457. The third kappa shape index (κ3) is 3.43. The summed E-state index contributed by atoms with van der Waals surface area (Å²) >= 11 is 0. The Hall–Kier alpha value is -0.120. The van der Waals surface area contributed by atoms with E-state index >= 15 is 0 Å². The molecular formula is C14H29NO2. The molecule has 3 nitrogen and oxygen atoms in total. The summed E-state index contributed by atoms with van der Waals surface area (Å²) in [6, 6.07) is 0. The molecule has 0 unspecified atom stereocenters. The lowest BCUT2D eigenvalue weighted by Gasteiger charge is -2.52. The second-order valence-corrected chi connectivity index (χ2v) is 6.57. The maximum absolute atomic E-state index is 9.73. The van der Waals surface area contributed by atoms with Gasteiger partial charge in [-0.25, -0.2) is 0 Å². The molecule has 1 heterocycles. The Morgan fingerprint density at radius 2 is 1.65 bits per heavy atom. The molecular weight excluding hydrogens is 214 g/mol. The van der Waals surface area contributed by atoms with Gasteiger partial charge in [0.05, 0.1) is 6.10 Å². The Labute approximate surface area is 106 Å². The third-order valence-electron chi connectivity index (χ3n) is 3.86. The normalized spacial score (nSPS) is 27.7. The molecule has 0 amide bonds. The van der Waals surface area contributed by atoms with Gasteiger partial charge >= 0.3 is 0 Å². The van der Waals surface area contributed by atoms with Gasteiger partial charge in [0.2, 0.25) is 0 Å². The van der Waals surface area contributed by atoms with E-state index in [4.69, 9.17) is 4.84 Å². The van der Waals surface area contributed by atoms with Gasteiger partial charge < -0.3 is 5.11 Å². The van der Waals surface area contributed by atoms with Crippen LogP contribution in [0.5, 0.6) is 0 Å². The molecule has 0 spiro atoms. The Morgan fingerprint density at radius 1 is 1.18 bits per heavy atom. The molecule has 1 rings (SSSR count). The lowest BCUT2D eigenvalue weighted by molar-refractivity contribution is -0.315. The van der Waals surface area contributed by atoms with Gasteiger partial charge in [-0.15, -0.1) is 0 Å². The topological polar surface area (TPSA) is 32.7 Å². The van der Waals surface area contributed by atoms with Crippen LogP contribution >= 0.6 is 0 Å². The number of hydroxylamine groups is 2. The van der Waals surface area contributed by atoms with Crippen molar-refractivity contribution in [1.82, 2.24) is 5.06 Å². The molecule has 2 atom stereocenters. The molecule has 1 fully saturated rings. The Morgan fingerprint density at radius 3 is 2.00 bits per heavy atom. The average Bonchev–Trinajstić information content (AvgIpc) is 2.15. The summed E-state index contributed by atoms with van der Waals surface area (Å²) in [6.07, 6.45) is 3.84. The van der Waals surface area contributed by atoms with Crippen LogP contribution in [-0.4, -0.2) is 33.5 Å². The summed E-state index contributed by atoms with van der Waals surface area (Å²) in [5.74, 6) is 0. The van der Waals surface area contributed by atoms with E-state index in [2.05, 4.69) is 39.7 Å². The first-order valence-corrected chi connectivity index (χ1v) is 6.86. The molecule has 1 saturated heterocycles. The molecule has 0 aromatic heterocycles. The summed E-state index contributed by atoms with van der Waals surface area (Å²) in [7, 11) is 0. The Bertz CT molecular complexity index is 233. The van der Waals surface area contributed by atoms with Crippen LogP contribution < -0.4 is 0 Å². The largest absolute Gasteiger partial charge is 0.391 e. The fraction of sp³-hybridized carbons (Fsp3) is 1.00. The SMILES string of the molecule is CC[C@H](ON1C(C)(C)CCCC1(C)C)[C@H](C)O. The quantitative estimate of drug-likeness (QED) is 0.823. The van der Waals surface area contributed by atoms with Gasteiger partial charge in [0.25, 0.3) is 0 Å². The van der Waals surface area contributed by atoms with Crippen LogP contribution in [0.15, 0.2) is 0 Å². The first-order chi connectivity index (χ1) is 7.70. The van der Waals surface area contributed by atoms with E-state index in [1.807, 2.05) is 0 Å². The van der Waals surface area contributed by atoms with E-state index < -0.39 is 6.10 Å². The minimum atomic E-state index is -0.423. The summed E-state index contributed by atoms with van der Waals surface area (Å²) < 4.78 is 0. The van der Waals surface area contributed by atoms with E-state index in [1.165, 1.54) is 6.42 Å². The van der Waals surface area contributed by atoms with Crippen molar-refractivity contribution >= 4 is 0 Å². The number of aliphatic hydroxyl groups excluding tert-OH is 1. The predicted octanol–water partition coefficient (Wildman–Crippen LogP) is 3.12. The lowest BCUT2D eigenvalue weighted by atomic mass is 9.82.